The van der Waals surface area contributed by atoms with Crippen LogP contribution >= 0.6 is 11.8 Å². The Bertz CT molecular complexity index is 547. The largest absolute Gasteiger partial charge is 0.496 e. The first-order valence-electron chi connectivity index (χ1n) is 6.77. The second kappa shape index (κ2) is 8.63. The van der Waals surface area contributed by atoms with Gasteiger partial charge in [0.1, 0.15) is 5.75 Å². The number of sulfonamides is 1. The van der Waals surface area contributed by atoms with Crippen molar-refractivity contribution in [3.8, 4) is 5.75 Å². The molecule has 0 aliphatic carbocycles. The van der Waals surface area contributed by atoms with Crippen LogP contribution in [0.5, 0.6) is 5.75 Å². The molecule has 21 heavy (non-hydrogen) atoms. The molecule has 2 N–H and O–H groups in total. The van der Waals surface area contributed by atoms with E-state index in [1.54, 1.807) is 37.1 Å². The molecule has 1 rings (SSSR count). The van der Waals surface area contributed by atoms with E-state index in [4.69, 9.17) is 4.74 Å². The third kappa shape index (κ3) is 5.50. The van der Waals surface area contributed by atoms with E-state index in [0.717, 1.165) is 17.7 Å². The summed E-state index contributed by atoms with van der Waals surface area (Å²) in [6.07, 6.45) is 2.81. The minimum Gasteiger partial charge on any atom is -0.496 e. The lowest BCUT2D eigenvalue weighted by Crippen LogP contribution is -2.33. The summed E-state index contributed by atoms with van der Waals surface area (Å²) in [5.74, 6) is 1.61. The zero-order chi connectivity index (χ0) is 15.9. The molecule has 7 heteroatoms. The van der Waals surface area contributed by atoms with Gasteiger partial charge in [-0.25, -0.2) is 13.1 Å². The fraction of sp³-hybridized carbons (Fsp3) is 0.571. The number of methoxy groups -OCH3 is 1. The Morgan fingerprint density at radius 1 is 1.38 bits per heavy atom. The van der Waals surface area contributed by atoms with Crippen LogP contribution in [0.1, 0.15) is 18.9 Å². The van der Waals surface area contributed by atoms with Crippen LogP contribution < -0.4 is 14.8 Å². The topological polar surface area (TPSA) is 67.4 Å². The molecule has 1 aromatic carbocycles. The fourth-order valence-electron chi connectivity index (χ4n) is 1.94. The summed E-state index contributed by atoms with van der Waals surface area (Å²) in [5.41, 5.74) is 0.819. The summed E-state index contributed by atoms with van der Waals surface area (Å²) < 4.78 is 32.7. The Morgan fingerprint density at radius 2 is 2.10 bits per heavy atom. The van der Waals surface area contributed by atoms with Crippen LogP contribution in [-0.4, -0.2) is 40.6 Å². The molecule has 120 valence electrons. The lowest BCUT2D eigenvalue weighted by Gasteiger charge is -2.15. The first-order chi connectivity index (χ1) is 9.94. The van der Waals surface area contributed by atoms with Crippen molar-refractivity contribution < 1.29 is 13.2 Å². The highest BCUT2D eigenvalue weighted by molar-refractivity contribution is 7.98. The Morgan fingerprint density at radius 3 is 2.67 bits per heavy atom. The van der Waals surface area contributed by atoms with E-state index in [9.17, 15) is 8.42 Å². The molecule has 0 bridgehead atoms. The monoisotopic (exact) mass is 332 g/mol. The SMILES string of the molecule is CNCc1cc(S(=O)(=O)NC(C)CCSC)ccc1OC. The highest BCUT2D eigenvalue weighted by atomic mass is 32.2. The summed E-state index contributed by atoms with van der Waals surface area (Å²) >= 11 is 1.71. The molecule has 0 amide bonds. The van der Waals surface area contributed by atoms with Crippen LogP contribution in [0.15, 0.2) is 23.1 Å². The average Bonchev–Trinajstić information content (AvgIpc) is 2.45. The lowest BCUT2D eigenvalue weighted by atomic mass is 10.2. The van der Waals surface area contributed by atoms with E-state index in [0.29, 0.717) is 12.3 Å². The van der Waals surface area contributed by atoms with Crippen LogP contribution in [0, 0.1) is 0 Å². The summed E-state index contributed by atoms with van der Waals surface area (Å²) in [7, 11) is -0.115. The molecule has 0 spiro atoms. The van der Waals surface area contributed by atoms with Crippen LogP contribution in [-0.2, 0) is 16.6 Å². The Hall–Kier alpha value is -0.760. The van der Waals surface area contributed by atoms with Gasteiger partial charge in [0.05, 0.1) is 12.0 Å². The van der Waals surface area contributed by atoms with E-state index in [1.165, 1.54) is 0 Å². The number of hydrogen-bond acceptors (Lipinski definition) is 5. The van der Waals surface area contributed by atoms with Crippen LogP contribution in [0.3, 0.4) is 0 Å². The zero-order valence-electron chi connectivity index (χ0n) is 13.0. The maximum atomic E-state index is 12.4. The van der Waals surface area contributed by atoms with Gasteiger partial charge in [-0.15, -0.1) is 0 Å². The molecular weight excluding hydrogens is 308 g/mol. The molecule has 5 nitrogen and oxygen atoms in total. The predicted octanol–water partition coefficient (Wildman–Crippen LogP) is 1.83. The summed E-state index contributed by atoms with van der Waals surface area (Å²) in [5, 5.41) is 3.01. The van der Waals surface area contributed by atoms with Gasteiger partial charge in [-0.3, -0.25) is 0 Å². The minimum atomic E-state index is -3.50. The van der Waals surface area contributed by atoms with Crippen molar-refractivity contribution in [2.45, 2.75) is 30.8 Å². The van der Waals surface area contributed by atoms with Gasteiger partial charge in [-0.2, -0.15) is 11.8 Å². The van der Waals surface area contributed by atoms with Gasteiger partial charge < -0.3 is 10.1 Å². The maximum Gasteiger partial charge on any atom is 0.240 e. The molecule has 0 aliphatic rings. The fourth-order valence-corrected chi connectivity index (χ4v) is 3.85. The van der Waals surface area contributed by atoms with E-state index in [2.05, 4.69) is 10.0 Å². The second-order valence-electron chi connectivity index (χ2n) is 4.81. The van der Waals surface area contributed by atoms with Gasteiger partial charge >= 0.3 is 0 Å². The number of benzene rings is 1. The highest BCUT2D eigenvalue weighted by Gasteiger charge is 2.18. The smallest absolute Gasteiger partial charge is 0.240 e. The summed E-state index contributed by atoms with van der Waals surface area (Å²) in [6.45, 7) is 2.43. The standard InChI is InChI=1S/C14H24N2O3S2/c1-11(7-8-20-4)16-21(17,18)13-5-6-14(19-3)12(9-13)10-15-2/h5-6,9,11,15-16H,7-8,10H2,1-4H3. The van der Waals surface area contributed by atoms with Gasteiger partial charge in [0.15, 0.2) is 0 Å². The van der Waals surface area contributed by atoms with E-state index in [1.807, 2.05) is 20.2 Å². The van der Waals surface area contributed by atoms with Gasteiger partial charge in [-0.05, 0) is 50.6 Å². The van der Waals surface area contributed by atoms with Crippen LogP contribution in [0.4, 0.5) is 0 Å². The number of rotatable bonds is 9. The zero-order valence-corrected chi connectivity index (χ0v) is 14.6. The van der Waals surface area contributed by atoms with E-state index in [-0.39, 0.29) is 10.9 Å². The Kier molecular flexibility index (Phi) is 7.51. The van der Waals surface area contributed by atoms with Gasteiger partial charge in [0, 0.05) is 18.2 Å². The van der Waals surface area contributed by atoms with Crippen molar-refractivity contribution in [1.82, 2.24) is 10.0 Å². The number of nitrogens with one attached hydrogen (secondary N) is 2. The predicted molar refractivity (Wildman–Crippen MR) is 88.5 cm³/mol. The number of ether oxygens (including phenoxy) is 1. The van der Waals surface area contributed by atoms with Crippen molar-refractivity contribution in [2.24, 2.45) is 0 Å². The molecule has 0 heterocycles. The quantitative estimate of drug-likeness (QED) is 0.722. The minimum absolute atomic E-state index is 0.0858. The van der Waals surface area contributed by atoms with Gasteiger partial charge in [-0.1, -0.05) is 0 Å². The Balaban J connectivity index is 2.94. The van der Waals surface area contributed by atoms with Crippen molar-refractivity contribution in [1.29, 1.82) is 0 Å². The molecule has 1 aromatic rings. The lowest BCUT2D eigenvalue weighted by molar-refractivity contribution is 0.408. The normalized spacial score (nSPS) is 13.1. The maximum absolute atomic E-state index is 12.4. The van der Waals surface area contributed by atoms with Gasteiger partial charge in [0.25, 0.3) is 0 Å². The number of hydrogen-bond donors (Lipinski definition) is 2. The Labute approximate surface area is 131 Å². The van der Waals surface area contributed by atoms with Crippen molar-refractivity contribution >= 4 is 21.8 Å². The first-order valence-corrected chi connectivity index (χ1v) is 9.65. The molecular formula is C14H24N2O3S2. The van der Waals surface area contributed by atoms with Crippen LogP contribution in [0.2, 0.25) is 0 Å². The highest BCUT2D eigenvalue weighted by Crippen LogP contribution is 2.22. The molecule has 0 saturated carbocycles. The molecule has 0 fully saturated rings. The number of thioether (sulfide) groups is 1. The van der Waals surface area contributed by atoms with Crippen molar-refractivity contribution in [2.75, 3.05) is 26.2 Å². The third-order valence-corrected chi connectivity index (χ3v) is 5.27. The van der Waals surface area contributed by atoms with Crippen molar-refractivity contribution in [3.63, 3.8) is 0 Å². The summed E-state index contributed by atoms with van der Waals surface area (Å²) in [6, 6.07) is 4.83. The van der Waals surface area contributed by atoms with Gasteiger partial charge in [0.2, 0.25) is 10.0 Å². The molecule has 0 radical (unpaired) electrons. The third-order valence-electron chi connectivity index (χ3n) is 3.04. The molecule has 0 aromatic heterocycles. The molecule has 1 atom stereocenters. The average molecular weight is 332 g/mol. The van der Waals surface area contributed by atoms with E-state index < -0.39 is 10.0 Å². The molecule has 0 aliphatic heterocycles. The van der Waals surface area contributed by atoms with E-state index >= 15 is 0 Å². The first kappa shape index (κ1) is 18.3. The second-order valence-corrected chi connectivity index (χ2v) is 7.51. The summed E-state index contributed by atoms with van der Waals surface area (Å²) in [4.78, 5) is 0.268. The molecule has 0 saturated heterocycles. The van der Waals surface area contributed by atoms with Crippen molar-refractivity contribution in [3.05, 3.63) is 23.8 Å². The van der Waals surface area contributed by atoms with Crippen LogP contribution in [0.25, 0.3) is 0 Å². The molecule has 1 unspecified atom stereocenters.